The zero-order valence-electron chi connectivity index (χ0n) is 16.2. The number of rotatable bonds is 7. The molecule has 0 bridgehead atoms. The number of thiophene rings is 1. The maximum absolute atomic E-state index is 12.9. The summed E-state index contributed by atoms with van der Waals surface area (Å²) in [6, 6.07) is 0. The van der Waals surface area contributed by atoms with Crippen LogP contribution in [0.4, 0.5) is 0 Å². The number of hydrogen-bond donors (Lipinski definition) is 1. The van der Waals surface area contributed by atoms with Gasteiger partial charge in [-0.3, -0.25) is 23.5 Å². The zero-order chi connectivity index (χ0) is 20.4. The topological polar surface area (TPSA) is 103 Å². The maximum Gasteiger partial charge on any atom is 0.332 e. The summed E-state index contributed by atoms with van der Waals surface area (Å²) in [4.78, 5) is 52.3. The van der Waals surface area contributed by atoms with Crippen LogP contribution in [0, 0.1) is 6.92 Å². The molecular weight excluding hydrogens is 384 g/mol. The lowest BCUT2D eigenvalue weighted by Crippen LogP contribution is -2.51. The number of aryl methyl sites for hydroxylation is 2. The molecule has 0 unspecified atom stereocenters. The predicted molar refractivity (Wildman–Crippen MR) is 106 cm³/mol. The molecule has 0 spiro atoms. The molecule has 2 amide bonds. The van der Waals surface area contributed by atoms with Crippen LogP contribution in [0.1, 0.15) is 23.8 Å². The number of piperazine rings is 1. The van der Waals surface area contributed by atoms with Crippen LogP contribution in [0.3, 0.4) is 0 Å². The SMILES string of the molecule is CCn1c(=O)c2c(C)c(CN3CCNC(=O)C3=O)sc2n(CCCOC)c1=O. The van der Waals surface area contributed by atoms with E-state index in [4.69, 9.17) is 4.74 Å². The zero-order valence-corrected chi connectivity index (χ0v) is 17.1. The first-order valence-corrected chi connectivity index (χ1v) is 10.0. The number of aromatic nitrogens is 2. The van der Waals surface area contributed by atoms with Crippen molar-refractivity contribution in [3.8, 4) is 0 Å². The van der Waals surface area contributed by atoms with Crippen LogP contribution in [0.2, 0.25) is 0 Å². The molecule has 10 heteroatoms. The Morgan fingerprint density at radius 2 is 1.93 bits per heavy atom. The van der Waals surface area contributed by atoms with Gasteiger partial charge in [-0.05, 0) is 25.8 Å². The summed E-state index contributed by atoms with van der Waals surface area (Å²) in [7, 11) is 1.60. The number of fused-ring (bicyclic) bond motifs is 1. The van der Waals surface area contributed by atoms with E-state index in [1.807, 2.05) is 6.92 Å². The Morgan fingerprint density at radius 3 is 2.61 bits per heavy atom. The molecule has 2 aromatic heterocycles. The summed E-state index contributed by atoms with van der Waals surface area (Å²) >= 11 is 1.34. The Hall–Kier alpha value is -2.46. The molecule has 0 aromatic carbocycles. The summed E-state index contributed by atoms with van der Waals surface area (Å²) < 4.78 is 7.94. The van der Waals surface area contributed by atoms with Crippen LogP contribution in [0.15, 0.2) is 9.59 Å². The van der Waals surface area contributed by atoms with Gasteiger partial charge in [0.1, 0.15) is 4.83 Å². The van der Waals surface area contributed by atoms with Gasteiger partial charge in [0.05, 0.1) is 11.9 Å². The molecule has 2 aromatic rings. The molecule has 1 fully saturated rings. The third kappa shape index (κ3) is 3.49. The quantitative estimate of drug-likeness (QED) is 0.515. The third-order valence-electron chi connectivity index (χ3n) is 4.92. The Labute approximate surface area is 165 Å². The van der Waals surface area contributed by atoms with E-state index < -0.39 is 11.8 Å². The molecule has 1 N–H and O–H groups in total. The predicted octanol–water partition coefficient (Wildman–Crippen LogP) is 0.0479. The standard InChI is InChI=1S/C18H24N4O5S/c1-4-21-15(24)13-11(2)12(10-20-8-6-19-14(23)16(20)25)28-17(13)22(18(21)26)7-5-9-27-3/h4-10H2,1-3H3,(H,19,23). The van der Waals surface area contributed by atoms with Crippen molar-refractivity contribution in [2.45, 2.75) is 39.9 Å². The third-order valence-corrected chi connectivity index (χ3v) is 6.22. The average molecular weight is 408 g/mol. The molecule has 1 aliphatic rings. The first kappa shape index (κ1) is 20.3. The molecule has 3 heterocycles. The number of carbonyl (C=O) groups excluding carboxylic acids is 2. The van der Waals surface area contributed by atoms with E-state index in [0.29, 0.717) is 42.9 Å². The second-order valence-corrected chi connectivity index (χ2v) is 7.73. The number of ether oxygens (including phenoxy) is 1. The number of hydrogen-bond acceptors (Lipinski definition) is 6. The highest BCUT2D eigenvalue weighted by Crippen LogP contribution is 2.29. The van der Waals surface area contributed by atoms with Crippen molar-refractivity contribution in [3.63, 3.8) is 0 Å². The van der Waals surface area contributed by atoms with Crippen LogP contribution in [-0.4, -0.2) is 52.7 Å². The molecule has 0 atom stereocenters. The number of amides is 2. The van der Waals surface area contributed by atoms with E-state index in [9.17, 15) is 19.2 Å². The lowest BCUT2D eigenvalue weighted by molar-refractivity contribution is -0.148. The Bertz CT molecular complexity index is 1040. The minimum absolute atomic E-state index is 0.245. The summed E-state index contributed by atoms with van der Waals surface area (Å²) in [6.45, 7) is 5.89. The molecule has 1 saturated heterocycles. The van der Waals surface area contributed by atoms with Crippen LogP contribution in [0.25, 0.3) is 10.2 Å². The number of nitrogens with one attached hydrogen (secondary N) is 1. The van der Waals surface area contributed by atoms with Crippen LogP contribution < -0.4 is 16.6 Å². The van der Waals surface area contributed by atoms with E-state index >= 15 is 0 Å². The summed E-state index contributed by atoms with van der Waals surface area (Å²) in [6.07, 6.45) is 0.643. The minimum atomic E-state index is -0.616. The van der Waals surface area contributed by atoms with E-state index in [1.54, 1.807) is 18.6 Å². The fourth-order valence-electron chi connectivity index (χ4n) is 3.38. The van der Waals surface area contributed by atoms with Crippen molar-refractivity contribution in [2.75, 3.05) is 26.8 Å². The highest BCUT2D eigenvalue weighted by molar-refractivity contribution is 7.18. The fraction of sp³-hybridized carbons (Fsp3) is 0.556. The Balaban J connectivity index is 2.10. The molecule has 0 radical (unpaired) electrons. The van der Waals surface area contributed by atoms with Crippen LogP contribution >= 0.6 is 11.3 Å². The highest BCUT2D eigenvalue weighted by atomic mass is 32.1. The van der Waals surface area contributed by atoms with Gasteiger partial charge in [-0.2, -0.15) is 0 Å². The first-order valence-electron chi connectivity index (χ1n) is 9.22. The van der Waals surface area contributed by atoms with Gasteiger partial charge in [-0.25, -0.2) is 4.79 Å². The van der Waals surface area contributed by atoms with Crippen molar-refractivity contribution >= 4 is 33.4 Å². The molecule has 9 nitrogen and oxygen atoms in total. The molecule has 0 saturated carbocycles. The molecule has 3 rings (SSSR count). The molecular formula is C18H24N4O5S. The first-order chi connectivity index (χ1) is 13.4. The van der Waals surface area contributed by atoms with Gasteiger partial charge >= 0.3 is 17.5 Å². The highest BCUT2D eigenvalue weighted by Gasteiger charge is 2.28. The van der Waals surface area contributed by atoms with Crippen molar-refractivity contribution in [2.24, 2.45) is 0 Å². The molecule has 28 heavy (non-hydrogen) atoms. The van der Waals surface area contributed by atoms with Crippen LogP contribution in [-0.2, 0) is 34.0 Å². The van der Waals surface area contributed by atoms with Gasteiger partial charge in [0.25, 0.3) is 5.56 Å². The van der Waals surface area contributed by atoms with Crippen molar-refractivity contribution in [1.29, 1.82) is 0 Å². The van der Waals surface area contributed by atoms with Gasteiger partial charge in [0.15, 0.2) is 0 Å². The Morgan fingerprint density at radius 1 is 1.18 bits per heavy atom. The monoisotopic (exact) mass is 408 g/mol. The van der Waals surface area contributed by atoms with Crippen molar-refractivity contribution in [3.05, 3.63) is 31.3 Å². The normalized spacial score (nSPS) is 14.8. The smallest absolute Gasteiger partial charge is 0.332 e. The van der Waals surface area contributed by atoms with Gasteiger partial charge in [-0.1, -0.05) is 0 Å². The minimum Gasteiger partial charge on any atom is -0.385 e. The van der Waals surface area contributed by atoms with Crippen molar-refractivity contribution in [1.82, 2.24) is 19.4 Å². The second-order valence-electron chi connectivity index (χ2n) is 6.64. The Kier molecular flexibility index (Phi) is 5.99. The summed E-state index contributed by atoms with van der Waals surface area (Å²) in [5.41, 5.74) is 0.108. The van der Waals surface area contributed by atoms with Gasteiger partial charge in [0, 0.05) is 44.8 Å². The fourth-order valence-corrected chi connectivity index (χ4v) is 4.71. The van der Waals surface area contributed by atoms with Gasteiger partial charge < -0.3 is 15.0 Å². The van der Waals surface area contributed by atoms with Crippen LogP contribution in [0.5, 0.6) is 0 Å². The molecule has 1 aliphatic heterocycles. The number of carbonyl (C=O) groups is 2. The van der Waals surface area contributed by atoms with E-state index in [2.05, 4.69) is 5.32 Å². The lowest BCUT2D eigenvalue weighted by Gasteiger charge is -2.26. The maximum atomic E-state index is 12.9. The summed E-state index contributed by atoms with van der Waals surface area (Å²) in [5, 5.41) is 3.03. The number of nitrogens with zero attached hydrogens (tertiary/aromatic N) is 3. The van der Waals surface area contributed by atoms with Gasteiger partial charge in [-0.15, -0.1) is 11.3 Å². The molecule has 152 valence electrons. The second kappa shape index (κ2) is 8.27. The van der Waals surface area contributed by atoms with Gasteiger partial charge in [0.2, 0.25) is 0 Å². The lowest BCUT2D eigenvalue weighted by atomic mass is 10.2. The summed E-state index contributed by atoms with van der Waals surface area (Å²) in [5.74, 6) is -1.19. The largest absolute Gasteiger partial charge is 0.385 e. The number of methoxy groups -OCH3 is 1. The van der Waals surface area contributed by atoms with E-state index in [1.165, 1.54) is 20.8 Å². The average Bonchev–Trinajstić information content (AvgIpc) is 2.98. The van der Waals surface area contributed by atoms with E-state index in [0.717, 1.165) is 10.4 Å². The van der Waals surface area contributed by atoms with E-state index in [-0.39, 0.29) is 24.3 Å². The molecule has 0 aliphatic carbocycles. The van der Waals surface area contributed by atoms with Crippen molar-refractivity contribution < 1.29 is 14.3 Å².